The van der Waals surface area contributed by atoms with Gasteiger partial charge in [-0.3, -0.25) is 4.79 Å². The lowest BCUT2D eigenvalue weighted by atomic mass is 10.0. The van der Waals surface area contributed by atoms with E-state index in [0.29, 0.717) is 5.69 Å². The number of carbonyl (C=O) groups is 2. The number of benzene rings is 3. The van der Waals surface area contributed by atoms with Gasteiger partial charge < -0.3 is 9.57 Å². The molecule has 0 spiro atoms. The minimum absolute atomic E-state index is 0.370. The Balaban J connectivity index is 1.83. The van der Waals surface area contributed by atoms with Gasteiger partial charge in [-0.1, -0.05) is 42.5 Å². The maximum absolute atomic E-state index is 12.0. The Morgan fingerprint density at radius 1 is 0.833 bits per heavy atom. The Hall–Kier alpha value is -3.86. The van der Waals surface area contributed by atoms with Crippen LogP contribution >= 0.6 is 0 Å². The normalized spacial score (nSPS) is 12.8. The van der Waals surface area contributed by atoms with E-state index in [1.54, 1.807) is 13.2 Å². The number of methoxy groups -OCH3 is 1. The van der Waals surface area contributed by atoms with Crippen LogP contribution in [-0.4, -0.2) is 19.0 Å². The Morgan fingerprint density at radius 2 is 1.50 bits per heavy atom. The van der Waals surface area contributed by atoms with Crippen LogP contribution in [0.3, 0.4) is 0 Å². The van der Waals surface area contributed by atoms with E-state index in [1.165, 1.54) is 13.8 Å². The van der Waals surface area contributed by atoms with Crippen molar-refractivity contribution < 1.29 is 19.2 Å². The number of amides is 1. The average Bonchev–Trinajstić information content (AvgIpc) is 3.05. The number of hydroxylamine groups is 1. The average molecular weight is 399 g/mol. The highest BCUT2D eigenvalue weighted by molar-refractivity contribution is 6.07. The molecule has 1 aliphatic rings. The van der Waals surface area contributed by atoms with Crippen molar-refractivity contribution in [3.05, 3.63) is 83.4 Å². The van der Waals surface area contributed by atoms with Gasteiger partial charge in [0.2, 0.25) is 0 Å². The van der Waals surface area contributed by atoms with Gasteiger partial charge in [0.1, 0.15) is 5.75 Å². The maximum Gasteiger partial charge on any atom is 0.330 e. The molecule has 5 heteroatoms. The number of hydrogen-bond donors (Lipinski definition) is 0. The van der Waals surface area contributed by atoms with Gasteiger partial charge in [0.05, 0.1) is 12.8 Å². The van der Waals surface area contributed by atoms with Crippen LogP contribution < -0.4 is 9.80 Å². The monoisotopic (exact) mass is 399 g/mol. The second-order valence-corrected chi connectivity index (χ2v) is 7.00. The van der Waals surface area contributed by atoms with E-state index in [1.807, 2.05) is 48.5 Å². The molecule has 150 valence electrons. The number of ether oxygens (including phenoxy) is 1. The molecular weight excluding hydrogens is 378 g/mol. The summed E-state index contributed by atoms with van der Waals surface area (Å²) in [5, 5.41) is 1.02. The highest BCUT2D eigenvalue weighted by Crippen LogP contribution is 2.46. The van der Waals surface area contributed by atoms with E-state index in [0.717, 1.165) is 44.2 Å². The molecule has 0 N–H and O–H groups in total. The molecule has 0 heterocycles. The van der Waals surface area contributed by atoms with Crippen LogP contribution in [0.25, 0.3) is 22.8 Å². The zero-order valence-electron chi connectivity index (χ0n) is 17.0. The van der Waals surface area contributed by atoms with Gasteiger partial charge in [0.15, 0.2) is 0 Å². The SMILES string of the molecule is COc1ccc(/C=C2/c3ccccc3-c3cc(N(OC(C)=O)C(C)=O)ccc32)cc1. The molecule has 0 unspecified atom stereocenters. The molecule has 3 aromatic rings. The van der Waals surface area contributed by atoms with E-state index in [9.17, 15) is 9.59 Å². The highest BCUT2D eigenvalue weighted by Gasteiger charge is 2.25. The largest absolute Gasteiger partial charge is 0.497 e. The van der Waals surface area contributed by atoms with Crippen LogP contribution in [0.4, 0.5) is 5.69 Å². The molecule has 0 saturated heterocycles. The first-order valence-electron chi connectivity index (χ1n) is 9.57. The minimum atomic E-state index is -0.550. The number of hydrogen-bond acceptors (Lipinski definition) is 4. The minimum Gasteiger partial charge on any atom is -0.497 e. The fraction of sp³-hybridized carbons (Fsp3) is 0.120. The molecule has 0 aliphatic heterocycles. The lowest BCUT2D eigenvalue weighted by molar-refractivity contribution is -0.147. The smallest absolute Gasteiger partial charge is 0.330 e. The molecule has 1 aliphatic carbocycles. The van der Waals surface area contributed by atoms with Gasteiger partial charge in [-0.2, -0.15) is 0 Å². The summed E-state index contributed by atoms with van der Waals surface area (Å²) in [4.78, 5) is 28.5. The van der Waals surface area contributed by atoms with Crippen molar-refractivity contribution in [2.24, 2.45) is 0 Å². The lowest BCUT2D eigenvalue weighted by Gasteiger charge is -2.19. The quantitative estimate of drug-likeness (QED) is 0.450. The van der Waals surface area contributed by atoms with Crippen molar-refractivity contribution in [3.63, 3.8) is 0 Å². The van der Waals surface area contributed by atoms with E-state index in [-0.39, 0.29) is 5.91 Å². The molecule has 0 fully saturated rings. The van der Waals surface area contributed by atoms with Crippen molar-refractivity contribution in [3.8, 4) is 16.9 Å². The summed E-state index contributed by atoms with van der Waals surface area (Å²) < 4.78 is 5.25. The third-order valence-electron chi connectivity index (χ3n) is 4.97. The van der Waals surface area contributed by atoms with Crippen molar-refractivity contribution in [1.29, 1.82) is 0 Å². The molecule has 0 bridgehead atoms. The number of fused-ring (bicyclic) bond motifs is 3. The molecule has 4 rings (SSSR count). The maximum atomic E-state index is 12.0. The number of anilines is 1. The Morgan fingerprint density at radius 3 is 2.13 bits per heavy atom. The molecule has 0 atom stereocenters. The summed E-state index contributed by atoms with van der Waals surface area (Å²) in [7, 11) is 1.65. The van der Waals surface area contributed by atoms with Crippen LogP contribution in [-0.2, 0) is 14.4 Å². The molecule has 5 nitrogen and oxygen atoms in total. The summed E-state index contributed by atoms with van der Waals surface area (Å²) in [5.74, 6) is -0.111. The number of nitrogens with zero attached hydrogens (tertiary/aromatic N) is 1. The zero-order chi connectivity index (χ0) is 21.3. The van der Waals surface area contributed by atoms with Crippen molar-refractivity contribution in [1.82, 2.24) is 0 Å². The van der Waals surface area contributed by atoms with Crippen LogP contribution in [0.15, 0.2) is 66.7 Å². The topological polar surface area (TPSA) is 55.8 Å². The van der Waals surface area contributed by atoms with Crippen molar-refractivity contribution >= 4 is 29.2 Å². The summed E-state index contributed by atoms with van der Waals surface area (Å²) in [6, 6.07) is 21.6. The fourth-order valence-electron chi connectivity index (χ4n) is 3.66. The first-order chi connectivity index (χ1) is 14.5. The number of rotatable bonds is 3. The third kappa shape index (κ3) is 3.57. The van der Waals surface area contributed by atoms with E-state index >= 15 is 0 Å². The molecule has 30 heavy (non-hydrogen) atoms. The molecule has 3 aromatic carbocycles. The van der Waals surface area contributed by atoms with Gasteiger partial charge in [-0.25, -0.2) is 4.79 Å². The predicted molar refractivity (Wildman–Crippen MR) is 117 cm³/mol. The van der Waals surface area contributed by atoms with Crippen LogP contribution in [0.1, 0.15) is 30.5 Å². The van der Waals surface area contributed by atoms with Gasteiger partial charge in [-0.15, -0.1) is 5.06 Å². The van der Waals surface area contributed by atoms with Gasteiger partial charge in [0, 0.05) is 13.8 Å². The second kappa shape index (κ2) is 7.87. The van der Waals surface area contributed by atoms with Gasteiger partial charge in [-0.05, 0) is 63.7 Å². The first-order valence-corrected chi connectivity index (χ1v) is 9.57. The summed E-state index contributed by atoms with van der Waals surface area (Å²) in [5.41, 5.74) is 6.89. The Labute approximate surface area is 175 Å². The fourth-order valence-corrected chi connectivity index (χ4v) is 3.66. The number of carbonyl (C=O) groups excluding carboxylic acids is 2. The van der Waals surface area contributed by atoms with E-state index in [2.05, 4.69) is 18.2 Å². The zero-order valence-corrected chi connectivity index (χ0v) is 17.0. The summed E-state index contributed by atoms with van der Waals surface area (Å²) in [6.07, 6.45) is 2.14. The third-order valence-corrected chi connectivity index (χ3v) is 4.97. The van der Waals surface area contributed by atoms with Crippen LogP contribution in [0, 0.1) is 0 Å². The molecule has 0 saturated carbocycles. The van der Waals surface area contributed by atoms with E-state index in [4.69, 9.17) is 9.57 Å². The molecule has 1 amide bonds. The standard InChI is InChI=1S/C25H21NO4/c1-16(27)26(30-17(2)28)19-10-13-23-24(14-18-8-11-20(29-3)12-9-18)21-6-4-5-7-22(21)25(23)15-19/h4-15H,1-3H3/b24-14-. The van der Waals surface area contributed by atoms with Crippen molar-refractivity contribution in [2.45, 2.75) is 13.8 Å². The Kier molecular flexibility index (Phi) is 5.11. The van der Waals surface area contributed by atoms with Crippen LogP contribution in [0.5, 0.6) is 5.75 Å². The lowest BCUT2D eigenvalue weighted by Crippen LogP contribution is -2.30. The molecular formula is C25H21NO4. The van der Waals surface area contributed by atoms with Crippen LogP contribution in [0.2, 0.25) is 0 Å². The summed E-state index contributed by atoms with van der Waals surface area (Å²) in [6.45, 7) is 2.63. The first kappa shape index (κ1) is 19.5. The van der Waals surface area contributed by atoms with E-state index < -0.39 is 5.97 Å². The van der Waals surface area contributed by atoms with Gasteiger partial charge >= 0.3 is 5.97 Å². The Bertz CT molecular complexity index is 1160. The predicted octanol–water partition coefficient (Wildman–Crippen LogP) is 5.10. The van der Waals surface area contributed by atoms with Crippen molar-refractivity contribution in [2.75, 3.05) is 12.2 Å². The second-order valence-electron chi connectivity index (χ2n) is 7.00. The molecule has 0 radical (unpaired) electrons. The molecule has 0 aromatic heterocycles. The highest BCUT2D eigenvalue weighted by atomic mass is 16.7. The summed E-state index contributed by atoms with van der Waals surface area (Å²) >= 11 is 0. The van der Waals surface area contributed by atoms with Gasteiger partial charge in [0.25, 0.3) is 5.91 Å².